The number of fused-ring (bicyclic) bond motifs is 1. The van der Waals surface area contributed by atoms with Gasteiger partial charge >= 0.3 is 49.4 Å². The van der Waals surface area contributed by atoms with E-state index in [0.717, 1.165) is 21.5 Å². The van der Waals surface area contributed by atoms with Crippen LogP contribution in [0.3, 0.4) is 0 Å². The lowest BCUT2D eigenvalue weighted by molar-refractivity contribution is -0.855. The fourth-order valence-corrected chi connectivity index (χ4v) is 8.13. The van der Waals surface area contributed by atoms with E-state index in [1.54, 1.807) is 4.73 Å². The molecular weight excluding hydrogens is 1090 g/mol. The van der Waals surface area contributed by atoms with E-state index in [1.165, 1.54) is 0 Å². The Morgan fingerprint density at radius 3 is 0.853 bits per heavy atom. The maximum atomic E-state index is 14.2. The summed E-state index contributed by atoms with van der Waals surface area (Å²) in [5.41, 5.74) is -29.2. The van der Waals surface area contributed by atoms with Crippen molar-refractivity contribution in [3.8, 4) is 5.75 Å². The van der Waals surface area contributed by atoms with Gasteiger partial charge in [0.1, 0.15) is 6.15 Å². The molecule has 0 aliphatic carbocycles. The predicted octanol–water partition coefficient (Wildman–Crippen LogP) is 14.5. The highest BCUT2D eigenvalue weighted by Gasteiger charge is 2.47. The molecule has 0 saturated heterocycles. The number of pyridine rings is 1. The summed E-state index contributed by atoms with van der Waals surface area (Å²) < 4.78 is 343. The van der Waals surface area contributed by atoms with E-state index in [1.807, 2.05) is 54.7 Å². The number of thiol groups is 1. The summed E-state index contributed by atoms with van der Waals surface area (Å²) in [4.78, 5) is 6.68. The van der Waals surface area contributed by atoms with Gasteiger partial charge in [-0.25, -0.2) is 4.84 Å². The fourth-order valence-electron chi connectivity index (χ4n) is 7.92. The lowest BCUT2D eigenvalue weighted by atomic mass is 9.12. The van der Waals surface area contributed by atoms with E-state index in [2.05, 4.69) is 24.8 Å². The van der Waals surface area contributed by atoms with Crippen molar-refractivity contribution in [3.63, 3.8) is 0 Å². The molecule has 0 amide bonds. The number of alkyl halides is 24. The maximum Gasteiger partial charge on any atom is 0.416 e. The van der Waals surface area contributed by atoms with Crippen LogP contribution in [-0.4, -0.2) is 6.15 Å². The number of hydrogen-bond acceptors (Lipinski definition) is 2. The Bertz CT molecular complexity index is 2780. The van der Waals surface area contributed by atoms with E-state index in [9.17, 15) is 105 Å². The molecule has 1 heterocycles. The van der Waals surface area contributed by atoms with Gasteiger partial charge in [0.25, 0.3) is 5.52 Å². The first-order valence-corrected chi connectivity index (χ1v) is 20.8. The van der Waals surface area contributed by atoms with Gasteiger partial charge in [-0.05, 0) is 48.5 Å². The highest BCUT2D eigenvalue weighted by atomic mass is 32.1. The largest absolute Gasteiger partial charge is 0.416 e. The molecular formula is C47H24BF24NOS. The molecule has 0 N–H and O–H groups in total. The van der Waals surface area contributed by atoms with Crippen molar-refractivity contribution < 1.29 is 115 Å². The molecule has 400 valence electrons. The Labute approximate surface area is 410 Å². The Balaban J connectivity index is 0.000000421. The lowest BCUT2D eigenvalue weighted by Gasteiger charge is -2.46. The molecule has 6 aromatic carbocycles. The number of benzene rings is 6. The van der Waals surface area contributed by atoms with Crippen LogP contribution < -0.4 is 31.4 Å². The molecule has 7 aromatic rings. The maximum absolute atomic E-state index is 14.2. The van der Waals surface area contributed by atoms with E-state index < -0.39 is 195 Å². The smallest absolute Gasteiger partial charge is 0.230 e. The second-order valence-electron chi connectivity index (χ2n) is 16.2. The molecule has 75 heavy (non-hydrogen) atoms. The zero-order valence-electron chi connectivity index (χ0n) is 36.2. The van der Waals surface area contributed by atoms with Crippen LogP contribution in [0.1, 0.15) is 44.5 Å². The second kappa shape index (κ2) is 19.8. The minimum Gasteiger partial charge on any atom is -0.230 e. The summed E-state index contributed by atoms with van der Waals surface area (Å²) in [7, 11) is 0. The Kier molecular flexibility index (Phi) is 15.2. The van der Waals surface area contributed by atoms with Crippen LogP contribution in [0.25, 0.3) is 10.9 Å². The van der Waals surface area contributed by atoms with Crippen molar-refractivity contribution in [3.05, 3.63) is 184 Å². The first-order chi connectivity index (χ1) is 34.1. The third kappa shape index (κ3) is 12.9. The lowest BCUT2D eigenvalue weighted by Crippen LogP contribution is -2.75. The molecule has 0 aliphatic rings. The van der Waals surface area contributed by atoms with Crippen LogP contribution in [0.15, 0.2) is 145 Å². The summed E-state index contributed by atoms with van der Waals surface area (Å²) in [6.45, 7) is 0. The zero-order chi connectivity index (χ0) is 56.3. The quantitative estimate of drug-likeness (QED) is 0.0758. The van der Waals surface area contributed by atoms with E-state index in [4.69, 9.17) is 4.84 Å². The topological polar surface area (TPSA) is 13.1 Å². The normalized spacial score (nSPS) is 13.4. The average molecular weight is 1120 g/mol. The third-order valence-corrected chi connectivity index (χ3v) is 11.5. The van der Waals surface area contributed by atoms with Gasteiger partial charge in [-0.2, -0.15) is 127 Å². The SMILES string of the molecule is FC(F)(F)c1cc([B-](c2cc(C(F)(F)F)cc(C(F)(F)F)c2)(c2cc(C(F)(F)F)cc(C(F)(F)F)c2)c2cc(C(F)(F)F)cc(C(F)(F)F)c2)cc(C(F)(F)F)c1.Sc1ccccc1O[n+]1cccc2ccccc21. The zero-order valence-corrected chi connectivity index (χ0v) is 37.1. The number of rotatable bonds is 6. The van der Waals surface area contributed by atoms with Gasteiger partial charge in [0, 0.05) is 16.9 Å². The molecule has 0 unspecified atom stereocenters. The van der Waals surface area contributed by atoms with Crippen LogP contribution in [0.5, 0.6) is 5.75 Å². The van der Waals surface area contributed by atoms with E-state index >= 15 is 0 Å². The van der Waals surface area contributed by atoms with Crippen molar-refractivity contribution in [1.29, 1.82) is 0 Å². The van der Waals surface area contributed by atoms with Gasteiger partial charge in [0.2, 0.25) is 11.9 Å². The van der Waals surface area contributed by atoms with Crippen molar-refractivity contribution in [2.75, 3.05) is 0 Å². The van der Waals surface area contributed by atoms with E-state index in [-0.39, 0.29) is 0 Å². The first kappa shape index (κ1) is 57.5. The number of nitrogens with zero attached hydrogens (tertiary/aromatic N) is 1. The molecule has 0 aliphatic heterocycles. The van der Waals surface area contributed by atoms with Gasteiger partial charge in [0.05, 0.1) is 54.8 Å². The predicted molar refractivity (Wildman–Crippen MR) is 224 cm³/mol. The highest BCUT2D eigenvalue weighted by molar-refractivity contribution is 7.80. The number of halogens is 24. The third-order valence-electron chi connectivity index (χ3n) is 11.2. The van der Waals surface area contributed by atoms with Crippen LogP contribution in [0, 0.1) is 0 Å². The molecule has 0 fully saturated rings. The van der Waals surface area contributed by atoms with Crippen LogP contribution in [-0.2, 0) is 49.4 Å². The van der Waals surface area contributed by atoms with Crippen LogP contribution >= 0.6 is 12.6 Å². The van der Waals surface area contributed by atoms with Gasteiger partial charge in [-0.15, -0.1) is 12.6 Å². The van der Waals surface area contributed by atoms with Crippen molar-refractivity contribution >= 4 is 51.5 Å². The fraction of sp³-hybridized carbons (Fsp3) is 0.170. The minimum atomic E-state index is -6.13. The standard InChI is InChI=1S/C32H12BF24.C15H11NOS/c34-25(35,36)13-1-14(26(37,38)39)6-21(5-13)33(22-7-15(27(40,41)42)2-16(8-22)28(43,44)45,23-9-17(29(46,47)48)3-18(10-23)30(49,50)51)24-11-19(31(52,53)54)4-20(12-24)32(55,56)57;18-15-10-4-3-9-14(15)17-16-11-5-7-12-6-1-2-8-13(12)16/h1-12H;1-11H/q-1;/p+1. The summed E-state index contributed by atoms with van der Waals surface area (Å²) >= 11 is 4.38. The summed E-state index contributed by atoms with van der Waals surface area (Å²) in [5, 5.41) is 1.14. The number of para-hydroxylation sites is 2. The highest BCUT2D eigenvalue weighted by Crippen LogP contribution is 2.41. The van der Waals surface area contributed by atoms with Gasteiger partial charge in [-0.3, -0.25) is 0 Å². The number of aromatic nitrogens is 1. The molecule has 0 bridgehead atoms. The molecule has 0 spiro atoms. The molecule has 1 aromatic heterocycles. The van der Waals surface area contributed by atoms with Crippen LogP contribution in [0.2, 0.25) is 0 Å². The molecule has 2 nitrogen and oxygen atoms in total. The Hall–Kier alpha value is -6.74. The summed E-state index contributed by atoms with van der Waals surface area (Å²) in [6.07, 6.45) is -52.9. The summed E-state index contributed by atoms with van der Waals surface area (Å²) in [6, 6.07) is 11.0. The molecule has 0 radical (unpaired) electrons. The van der Waals surface area contributed by atoms with Gasteiger partial charge in [-0.1, -0.05) is 72.8 Å². The van der Waals surface area contributed by atoms with Crippen LogP contribution in [0.4, 0.5) is 105 Å². The molecule has 7 rings (SSSR count). The first-order valence-electron chi connectivity index (χ1n) is 20.3. The molecule has 28 heteroatoms. The average Bonchev–Trinajstić information content (AvgIpc) is 3.28. The molecule has 0 saturated carbocycles. The van der Waals surface area contributed by atoms with Crippen molar-refractivity contribution in [1.82, 2.24) is 0 Å². The minimum absolute atomic E-state index is 0.691. The van der Waals surface area contributed by atoms with Crippen molar-refractivity contribution in [2.45, 2.75) is 54.3 Å². The van der Waals surface area contributed by atoms with Crippen molar-refractivity contribution in [2.24, 2.45) is 0 Å². The second-order valence-corrected chi connectivity index (χ2v) is 16.7. The van der Waals surface area contributed by atoms with Gasteiger partial charge in [0.15, 0.2) is 0 Å². The number of hydrogen-bond donors (Lipinski definition) is 1. The van der Waals surface area contributed by atoms with E-state index in [0.29, 0.717) is 0 Å². The molecule has 0 atom stereocenters. The van der Waals surface area contributed by atoms with Gasteiger partial charge < -0.3 is 0 Å². The Morgan fingerprint density at radius 2 is 0.573 bits per heavy atom. The summed E-state index contributed by atoms with van der Waals surface area (Å²) in [5.74, 6) is 0.738. The Morgan fingerprint density at radius 1 is 0.320 bits per heavy atom. The monoisotopic (exact) mass is 1120 g/mol.